The van der Waals surface area contributed by atoms with E-state index in [1.54, 1.807) is 12.1 Å². The molecule has 0 radical (unpaired) electrons. The van der Waals surface area contributed by atoms with Crippen LogP contribution in [-0.2, 0) is 25.7 Å². The third-order valence-electron chi connectivity index (χ3n) is 4.23. The number of aryl methyl sites for hydroxylation is 1. The Labute approximate surface area is 156 Å². The number of anilines is 1. The van der Waals surface area contributed by atoms with E-state index in [0.29, 0.717) is 5.69 Å². The standard InChI is InChI=1S/C20H20N2O5/c1-14-7-5-6-10-16(14)21-18(23)11-17-19(24)27-13-22(17)20(25)26-12-15-8-3-2-4-9-15/h2-10,17H,11-13H2,1H3,(H,21,23)/t17-/m0/s1. The Bertz CT molecular complexity index is 837. The first kappa shape index (κ1) is 18.4. The molecule has 1 heterocycles. The van der Waals surface area contributed by atoms with Crippen LogP contribution in [0.3, 0.4) is 0 Å². The molecule has 7 nitrogen and oxygen atoms in total. The van der Waals surface area contributed by atoms with Gasteiger partial charge in [-0.05, 0) is 24.1 Å². The van der Waals surface area contributed by atoms with Crippen molar-refractivity contribution < 1.29 is 23.9 Å². The van der Waals surface area contributed by atoms with Crippen molar-refractivity contribution in [2.75, 3.05) is 12.0 Å². The van der Waals surface area contributed by atoms with Gasteiger partial charge in [-0.25, -0.2) is 9.59 Å². The van der Waals surface area contributed by atoms with Crippen molar-refractivity contribution in [1.29, 1.82) is 0 Å². The van der Waals surface area contributed by atoms with Gasteiger partial charge in [-0.3, -0.25) is 9.69 Å². The molecule has 0 aliphatic carbocycles. The number of ether oxygens (including phenoxy) is 2. The van der Waals surface area contributed by atoms with Gasteiger partial charge in [0.25, 0.3) is 0 Å². The predicted molar refractivity (Wildman–Crippen MR) is 97.6 cm³/mol. The molecule has 1 N–H and O–H groups in total. The normalized spacial score (nSPS) is 16.0. The average Bonchev–Trinajstić information content (AvgIpc) is 3.03. The molecule has 1 aliphatic heterocycles. The lowest BCUT2D eigenvalue weighted by Crippen LogP contribution is -2.40. The fraction of sp³-hybridized carbons (Fsp3) is 0.250. The van der Waals surface area contributed by atoms with E-state index >= 15 is 0 Å². The number of nitrogens with one attached hydrogen (secondary N) is 1. The summed E-state index contributed by atoms with van der Waals surface area (Å²) in [6.45, 7) is 1.72. The van der Waals surface area contributed by atoms with Gasteiger partial charge < -0.3 is 14.8 Å². The Balaban J connectivity index is 1.59. The van der Waals surface area contributed by atoms with E-state index in [4.69, 9.17) is 9.47 Å². The zero-order valence-electron chi connectivity index (χ0n) is 14.9. The lowest BCUT2D eigenvalue weighted by molar-refractivity contribution is -0.140. The summed E-state index contributed by atoms with van der Waals surface area (Å²) in [4.78, 5) is 37.7. The first-order valence-electron chi connectivity index (χ1n) is 8.54. The number of hydrogen-bond donors (Lipinski definition) is 1. The van der Waals surface area contributed by atoms with Gasteiger partial charge >= 0.3 is 12.1 Å². The monoisotopic (exact) mass is 368 g/mol. The van der Waals surface area contributed by atoms with Crippen LogP contribution >= 0.6 is 0 Å². The highest BCUT2D eigenvalue weighted by Gasteiger charge is 2.40. The molecule has 0 saturated carbocycles. The smallest absolute Gasteiger partial charge is 0.413 e. The zero-order valence-corrected chi connectivity index (χ0v) is 14.9. The van der Waals surface area contributed by atoms with Gasteiger partial charge in [0.1, 0.15) is 12.6 Å². The number of nitrogens with zero attached hydrogens (tertiary/aromatic N) is 1. The molecular formula is C20H20N2O5. The van der Waals surface area contributed by atoms with Gasteiger partial charge in [0.05, 0.1) is 6.42 Å². The average molecular weight is 368 g/mol. The van der Waals surface area contributed by atoms with Crippen LogP contribution in [0.4, 0.5) is 10.5 Å². The Morgan fingerprint density at radius 3 is 2.59 bits per heavy atom. The molecule has 1 aliphatic rings. The molecule has 0 unspecified atom stereocenters. The Morgan fingerprint density at radius 2 is 1.85 bits per heavy atom. The number of rotatable bonds is 5. The van der Waals surface area contributed by atoms with Gasteiger partial charge in [-0.15, -0.1) is 0 Å². The highest BCUT2D eigenvalue weighted by atomic mass is 16.6. The van der Waals surface area contributed by atoms with E-state index < -0.39 is 18.1 Å². The van der Waals surface area contributed by atoms with E-state index in [2.05, 4.69) is 5.32 Å². The van der Waals surface area contributed by atoms with E-state index in [-0.39, 0.29) is 25.7 Å². The van der Waals surface area contributed by atoms with Crippen molar-refractivity contribution in [1.82, 2.24) is 4.90 Å². The summed E-state index contributed by atoms with van der Waals surface area (Å²) in [6, 6.07) is 15.5. The number of cyclic esters (lactones) is 1. The van der Waals surface area contributed by atoms with Crippen molar-refractivity contribution in [2.45, 2.75) is 26.0 Å². The van der Waals surface area contributed by atoms with Crippen LogP contribution < -0.4 is 5.32 Å². The lowest BCUT2D eigenvalue weighted by atomic mass is 10.1. The maximum atomic E-state index is 12.3. The number of hydrogen-bond acceptors (Lipinski definition) is 5. The first-order valence-corrected chi connectivity index (χ1v) is 8.54. The number of carbonyl (C=O) groups is 3. The maximum Gasteiger partial charge on any atom is 0.413 e. The minimum Gasteiger partial charge on any atom is -0.444 e. The zero-order chi connectivity index (χ0) is 19.2. The number of amides is 2. The van der Waals surface area contributed by atoms with Gasteiger partial charge in [0.15, 0.2) is 6.73 Å². The summed E-state index contributed by atoms with van der Waals surface area (Å²) in [7, 11) is 0. The molecule has 0 bridgehead atoms. The highest BCUT2D eigenvalue weighted by Crippen LogP contribution is 2.19. The molecular weight excluding hydrogens is 348 g/mol. The lowest BCUT2D eigenvalue weighted by Gasteiger charge is -2.19. The van der Waals surface area contributed by atoms with Crippen LogP contribution in [0.25, 0.3) is 0 Å². The third kappa shape index (κ3) is 4.63. The molecule has 1 saturated heterocycles. The molecule has 2 aromatic rings. The van der Waals surface area contributed by atoms with Gasteiger partial charge in [0, 0.05) is 5.69 Å². The summed E-state index contributed by atoms with van der Waals surface area (Å²) in [5.74, 6) is -0.999. The number of benzene rings is 2. The number of para-hydroxylation sites is 1. The second-order valence-electron chi connectivity index (χ2n) is 6.19. The van der Waals surface area contributed by atoms with Crippen LogP contribution in [0.2, 0.25) is 0 Å². The molecule has 140 valence electrons. The quantitative estimate of drug-likeness (QED) is 0.821. The Morgan fingerprint density at radius 1 is 1.15 bits per heavy atom. The van der Waals surface area contributed by atoms with Crippen LogP contribution in [-0.4, -0.2) is 35.6 Å². The number of carbonyl (C=O) groups excluding carboxylic acids is 3. The van der Waals surface area contributed by atoms with Crippen molar-refractivity contribution in [3.63, 3.8) is 0 Å². The summed E-state index contributed by atoms with van der Waals surface area (Å²) in [5.41, 5.74) is 2.39. The SMILES string of the molecule is Cc1ccccc1NC(=O)C[C@H]1C(=O)OCN1C(=O)OCc1ccccc1. The molecule has 1 atom stereocenters. The van der Waals surface area contributed by atoms with Gasteiger partial charge in [-0.2, -0.15) is 0 Å². The van der Waals surface area contributed by atoms with Crippen molar-refractivity contribution in [3.05, 3.63) is 65.7 Å². The molecule has 0 aromatic heterocycles. The summed E-state index contributed by atoms with van der Waals surface area (Å²) in [5, 5.41) is 2.75. The van der Waals surface area contributed by atoms with Gasteiger partial charge in [0.2, 0.25) is 5.91 Å². The molecule has 2 amide bonds. The second kappa shape index (κ2) is 8.35. The minimum atomic E-state index is -1.00. The van der Waals surface area contributed by atoms with E-state index in [9.17, 15) is 14.4 Å². The molecule has 2 aromatic carbocycles. The minimum absolute atomic E-state index is 0.0759. The number of esters is 1. The van der Waals surface area contributed by atoms with Crippen molar-refractivity contribution in [2.24, 2.45) is 0 Å². The molecule has 3 rings (SSSR count). The second-order valence-corrected chi connectivity index (χ2v) is 6.19. The largest absolute Gasteiger partial charge is 0.444 e. The van der Waals surface area contributed by atoms with Crippen LogP contribution in [0.1, 0.15) is 17.5 Å². The van der Waals surface area contributed by atoms with E-state index in [1.165, 1.54) is 0 Å². The predicted octanol–water partition coefficient (Wildman–Crippen LogP) is 2.85. The van der Waals surface area contributed by atoms with Crippen LogP contribution in [0.5, 0.6) is 0 Å². The summed E-state index contributed by atoms with van der Waals surface area (Å²) >= 11 is 0. The molecule has 27 heavy (non-hydrogen) atoms. The van der Waals surface area contributed by atoms with Gasteiger partial charge in [-0.1, -0.05) is 48.5 Å². The topological polar surface area (TPSA) is 84.9 Å². The van der Waals surface area contributed by atoms with Crippen LogP contribution in [0.15, 0.2) is 54.6 Å². The van der Waals surface area contributed by atoms with E-state index in [1.807, 2.05) is 49.4 Å². The molecule has 1 fully saturated rings. The van der Waals surface area contributed by atoms with Crippen LogP contribution in [0, 0.1) is 6.92 Å². The first-order chi connectivity index (χ1) is 13.0. The third-order valence-corrected chi connectivity index (χ3v) is 4.23. The fourth-order valence-electron chi connectivity index (χ4n) is 2.71. The Kier molecular flexibility index (Phi) is 5.71. The Hall–Kier alpha value is -3.35. The summed E-state index contributed by atoms with van der Waals surface area (Å²) in [6.07, 6.45) is -0.897. The van der Waals surface area contributed by atoms with E-state index in [0.717, 1.165) is 16.0 Å². The summed E-state index contributed by atoms with van der Waals surface area (Å²) < 4.78 is 10.2. The van der Waals surface area contributed by atoms with Crippen molar-refractivity contribution >= 4 is 23.7 Å². The fourth-order valence-corrected chi connectivity index (χ4v) is 2.71. The van der Waals surface area contributed by atoms with Crippen molar-refractivity contribution in [3.8, 4) is 0 Å². The molecule has 0 spiro atoms. The highest BCUT2D eigenvalue weighted by molar-refractivity contribution is 5.96. The molecule has 7 heteroatoms. The maximum absolute atomic E-state index is 12.3.